The molecule has 3 aromatic carbocycles. The molecule has 0 heterocycles. The zero-order valence-electron chi connectivity index (χ0n) is 16.6. The molecule has 0 fully saturated rings. The summed E-state index contributed by atoms with van der Waals surface area (Å²) in [5.74, 6) is -0.995. The van der Waals surface area contributed by atoms with Crippen molar-refractivity contribution in [2.45, 2.75) is 19.4 Å². The molecule has 3 amide bonds. The summed E-state index contributed by atoms with van der Waals surface area (Å²) in [6.45, 7) is 1.60. The molecule has 0 saturated carbocycles. The molecule has 1 atom stereocenters. The van der Waals surface area contributed by atoms with Crippen LogP contribution in [0.25, 0.3) is 10.8 Å². The number of carbonyl (C=O) groups is 3. The van der Waals surface area contributed by atoms with Crippen LogP contribution >= 0.6 is 0 Å². The summed E-state index contributed by atoms with van der Waals surface area (Å²) in [4.78, 5) is 36.2. The second kappa shape index (κ2) is 10.1. The summed E-state index contributed by atoms with van der Waals surface area (Å²) in [6.07, 6.45) is -1.01. The summed E-state index contributed by atoms with van der Waals surface area (Å²) in [5.41, 5.74) is 1.30. The fraction of sp³-hybridized carbons (Fsp3) is 0.174. The molecule has 0 aliphatic heterocycles. The molecule has 7 nitrogen and oxygen atoms in total. The van der Waals surface area contributed by atoms with Crippen molar-refractivity contribution in [2.75, 3.05) is 17.2 Å². The Balaban J connectivity index is 1.43. The molecule has 7 heteroatoms. The van der Waals surface area contributed by atoms with E-state index in [1.807, 2.05) is 42.5 Å². The number of nitrogens with one attached hydrogen (secondary N) is 3. The first kappa shape index (κ1) is 20.9. The Labute approximate surface area is 174 Å². The molecule has 0 spiro atoms. The molecule has 3 N–H and O–H groups in total. The van der Waals surface area contributed by atoms with Gasteiger partial charge in [-0.1, -0.05) is 54.6 Å². The Morgan fingerprint density at radius 3 is 2.37 bits per heavy atom. The van der Waals surface area contributed by atoms with Gasteiger partial charge in [-0.2, -0.15) is 0 Å². The summed E-state index contributed by atoms with van der Waals surface area (Å²) in [5, 5.41) is 9.92. The number of carbonyl (C=O) groups excluding carboxylic acids is 3. The number of hydrogen-bond donors (Lipinski definition) is 3. The third kappa shape index (κ3) is 5.81. The average molecular weight is 405 g/mol. The Kier molecular flexibility index (Phi) is 7.00. The Morgan fingerprint density at radius 2 is 1.57 bits per heavy atom. The van der Waals surface area contributed by atoms with Gasteiger partial charge in [0.1, 0.15) is 0 Å². The van der Waals surface area contributed by atoms with Crippen LogP contribution in [0.2, 0.25) is 0 Å². The number of ether oxygens (including phenoxy) is 1. The van der Waals surface area contributed by atoms with Crippen LogP contribution in [0.15, 0.2) is 72.8 Å². The van der Waals surface area contributed by atoms with Crippen molar-refractivity contribution in [3.63, 3.8) is 0 Å². The van der Waals surface area contributed by atoms with Crippen LogP contribution in [0.5, 0.6) is 0 Å². The van der Waals surface area contributed by atoms with E-state index >= 15 is 0 Å². The highest BCUT2D eigenvalue weighted by atomic mass is 16.5. The van der Waals surface area contributed by atoms with Gasteiger partial charge in [0.25, 0.3) is 5.91 Å². The van der Waals surface area contributed by atoms with E-state index in [9.17, 15) is 14.4 Å². The first-order valence-corrected chi connectivity index (χ1v) is 9.61. The molecule has 3 rings (SSSR count). The van der Waals surface area contributed by atoms with Gasteiger partial charge in [-0.3, -0.25) is 9.59 Å². The highest BCUT2D eigenvalue weighted by molar-refractivity contribution is 6.03. The zero-order valence-corrected chi connectivity index (χ0v) is 16.6. The highest BCUT2D eigenvalue weighted by Crippen LogP contribution is 2.23. The Morgan fingerprint density at radius 1 is 0.867 bits per heavy atom. The van der Waals surface area contributed by atoms with Gasteiger partial charge in [0, 0.05) is 23.3 Å². The highest BCUT2D eigenvalue weighted by Gasteiger charge is 2.18. The van der Waals surface area contributed by atoms with Crippen LogP contribution in [0.1, 0.15) is 13.3 Å². The SMILES string of the molecule is C[C@@H](OC(=O)CCNC(=O)Nc1ccccc1)C(=O)Nc1cccc2ccccc12. The lowest BCUT2D eigenvalue weighted by Gasteiger charge is -2.15. The predicted octanol–water partition coefficient (Wildman–Crippen LogP) is 3.92. The summed E-state index contributed by atoms with van der Waals surface area (Å²) < 4.78 is 5.17. The molecule has 3 aromatic rings. The largest absolute Gasteiger partial charge is 0.452 e. The van der Waals surface area contributed by atoms with E-state index in [0.717, 1.165) is 10.8 Å². The number of urea groups is 1. The van der Waals surface area contributed by atoms with Gasteiger partial charge < -0.3 is 20.7 Å². The lowest BCUT2D eigenvalue weighted by atomic mass is 10.1. The molecular weight excluding hydrogens is 382 g/mol. The lowest BCUT2D eigenvalue weighted by molar-refractivity contribution is -0.153. The molecule has 0 radical (unpaired) electrons. The van der Waals surface area contributed by atoms with Crippen LogP contribution < -0.4 is 16.0 Å². The number of benzene rings is 3. The van der Waals surface area contributed by atoms with Gasteiger partial charge in [-0.05, 0) is 30.5 Å². The maximum atomic E-state index is 12.4. The number of para-hydroxylation sites is 1. The number of anilines is 2. The van der Waals surface area contributed by atoms with Crippen LogP contribution in [-0.4, -0.2) is 30.6 Å². The second-order valence-corrected chi connectivity index (χ2v) is 6.64. The van der Waals surface area contributed by atoms with E-state index in [2.05, 4.69) is 16.0 Å². The average Bonchev–Trinajstić information content (AvgIpc) is 2.74. The smallest absolute Gasteiger partial charge is 0.319 e. The van der Waals surface area contributed by atoms with Crippen molar-refractivity contribution < 1.29 is 19.1 Å². The van der Waals surface area contributed by atoms with Gasteiger partial charge in [0.05, 0.1) is 6.42 Å². The van der Waals surface area contributed by atoms with Crippen molar-refractivity contribution in [1.82, 2.24) is 5.32 Å². The molecule has 154 valence electrons. The summed E-state index contributed by atoms with van der Waals surface area (Å²) in [6, 6.07) is 21.8. The minimum absolute atomic E-state index is 0.0475. The van der Waals surface area contributed by atoms with Crippen molar-refractivity contribution in [3.05, 3.63) is 72.8 Å². The minimum atomic E-state index is -0.963. The van der Waals surface area contributed by atoms with Gasteiger partial charge in [-0.25, -0.2) is 4.79 Å². The van der Waals surface area contributed by atoms with Gasteiger partial charge in [0.2, 0.25) is 0 Å². The van der Waals surface area contributed by atoms with Gasteiger partial charge >= 0.3 is 12.0 Å². The fourth-order valence-electron chi connectivity index (χ4n) is 2.85. The standard InChI is InChI=1S/C23H23N3O4/c1-16(22(28)26-20-13-7-9-17-8-5-6-12-19(17)20)30-21(27)14-15-24-23(29)25-18-10-3-2-4-11-18/h2-13,16H,14-15H2,1H3,(H,26,28)(H2,24,25,29)/t16-/m1/s1. The summed E-state index contributed by atoms with van der Waals surface area (Å²) >= 11 is 0. The number of rotatable bonds is 7. The van der Waals surface area contributed by atoms with Crippen LogP contribution in [0.3, 0.4) is 0 Å². The van der Waals surface area contributed by atoms with E-state index in [0.29, 0.717) is 11.4 Å². The van der Waals surface area contributed by atoms with E-state index in [-0.39, 0.29) is 13.0 Å². The van der Waals surface area contributed by atoms with Crippen molar-refractivity contribution in [3.8, 4) is 0 Å². The molecule has 0 saturated heterocycles. The number of esters is 1. The van der Waals surface area contributed by atoms with Crippen molar-refractivity contribution >= 4 is 40.1 Å². The fourth-order valence-corrected chi connectivity index (χ4v) is 2.85. The lowest BCUT2D eigenvalue weighted by Crippen LogP contribution is -2.33. The maximum absolute atomic E-state index is 12.4. The monoisotopic (exact) mass is 405 g/mol. The van der Waals surface area contributed by atoms with Crippen molar-refractivity contribution in [2.24, 2.45) is 0 Å². The van der Waals surface area contributed by atoms with Gasteiger partial charge in [0.15, 0.2) is 6.10 Å². The molecule has 0 aromatic heterocycles. The Hall–Kier alpha value is -3.87. The molecule has 0 bridgehead atoms. The second-order valence-electron chi connectivity index (χ2n) is 6.64. The zero-order chi connectivity index (χ0) is 21.3. The third-order valence-corrected chi connectivity index (χ3v) is 4.37. The number of amides is 3. The first-order chi connectivity index (χ1) is 14.5. The molecule has 0 aliphatic carbocycles. The van der Waals surface area contributed by atoms with E-state index in [1.54, 1.807) is 30.3 Å². The van der Waals surface area contributed by atoms with Crippen LogP contribution in [-0.2, 0) is 14.3 Å². The maximum Gasteiger partial charge on any atom is 0.319 e. The van der Waals surface area contributed by atoms with E-state index < -0.39 is 24.0 Å². The molecule has 30 heavy (non-hydrogen) atoms. The normalized spacial score (nSPS) is 11.4. The van der Waals surface area contributed by atoms with Crippen LogP contribution in [0, 0.1) is 0 Å². The molecule has 0 unspecified atom stereocenters. The number of hydrogen-bond acceptors (Lipinski definition) is 4. The molecule has 0 aliphatic rings. The third-order valence-electron chi connectivity index (χ3n) is 4.37. The minimum Gasteiger partial charge on any atom is -0.452 e. The predicted molar refractivity (Wildman–Crippen MR) is 116 cm³/mol. The summed E-state index contributed by atoms with van der Waals surface area (Å²) in [7, 11) is 0. The van der Waals surface area contributed by atoms with E-state index in [4.69, 9.17) is 4.74 Å². The van der Waals surface area contributed by atoms with Crippen molar-refractivity contribution in [1.29, 1.82) is 0 Å². The van der Waals surface area contributed by atoms with Gasteiger partial charge in [-0.15, -0.1) is 0 Å². The van der Waals surface area contributed by atoms with E-state index in [1.165, 1.54) is 6.92 Å². The van der Waals surface area contributed by atoms with Crippen LogP contribution in [0.4, 0.5) is 16.2 Å². The Bertz CT molecular complexity index is 1030. The molecular formula is C23H23N3O4. The number of fused-ring (bicyclic) bond motifs is 1. The topological polar surface area (TPSA) is 96.5 Å². The first-order valence-electron chi connectivity index (χ1n) is 9.61. The quantitative estimate of drug-likeness (QED) is 0.519.